The summed E-state index contributed by atoms with van der Waals surface area (Å²) in [6.45, 7) is -0.148. The molecule has 1 heterocycles. The monoisotopic (exact) mass is 265 g/mol. The first kappa shape index (κ1) is 12.5. The largest absolute Gasteiger partial charge is 0.573 e. The molecule has 1 aromatic carbocycles. The number of alkyl carbamates (subject to hydrolysis) is 1. The number of halogens is 4. The van der Waals surface area contributed by atoms with E-state index in [1.54, 1.807) is 0 Å². The van der Waals surface area contributed by atoms with Gasteiger partial charge in [-0.15, -0.1) is 13.2 Å². The van der Waals surface area contributed by atoms with Crippen molar-refractivity contribution in [2.75, 3.05) is 6.61 Å². The summed E-state index contributed by atoms with van der Waals surface area (Å²) in [6.07, 6.45) is -5.61. The van der Waals surface area contributed by atoms with Gasteiger partial charge in [0.05, 0.1) is 6.04 Å². The second kappa shape index (κ2) is 4.35. The van der Waals surface area contributed by atoms with Gasteiger partial charge in [-0.1, -0.05) is 0 Å². The molecule has 1 fully saturated rings. The van der Waals surface area contributed by atoms with Crippen LogP contribution in [0.25, 0.3) is 0 Å². The summed E-state index contributed by atoms with van der Waals surface area (Å²) in [6, 6.07) is 1.74. The van der Waals surface area contributed by atoms with Gasteiger partial charge in [0.1, 0.15) is 18.2 Å². The van der Waals surface area contributed by atoms with E-state index in [1.165, 1.54) is 0 Å². The summed E-state index contributed by atoms with van der Waals surface area (Å²) in [5.74, 6) is -1.31. The van der Waals surface area contributed by atoms with Gasteiger partial charge >= 0.3 is 12.5 Å². The van der Waals surface area contributed by atoms with Crippen LogP contribution in [-0.4, -0.2) is 19.1 Å². The van der Waals surface area contributed by atoms with Crippen LogP contribution in [0.15, 0.2) is 18.2 Å². The Morgan fingerprint density at radius 1 is 1.39 bits per heavy atom. The van der Waals surface area contributed by atoms with Gasteiger partial charge in [0.15, 0.2) is 0 Å². The number of carbonyl (C=O) groups is 1. The first-order valence-corrected chi connectivity index (χ1v) is 4.83. The molecular formula is C10H7F4NO3. The fourth-order valence-corrected chi connectivity index (χ4v) is 1.54. The number of carbonyl (C=O) groups excluding carboxylic acids is 1. The van der Waals surface area contributed by atoms with Crippen LogP contribution in [0.3, 0.4) is 0 Å². The summed E-state index contributed by atoms with van der Waals surface area (Å²) in [5.41, 5.74) is -0.123. The maximum absolute atomic E-state index is 13.4. The van der Waals surface area contributed by atoms with Crippen LogP contribution in [0.1, 0.15) is 11.6 Å². The molecule has 2 rings (SSSR count). The van der Waals surface area contributed by atoms with Crippen LogP contribution in [0.4, 0.5) is 22.4 Å². The minimum Gasteiger partial charge on any atom is -0.447 e. The van der Waals surface area contributed by atoms with E-state index in [4.69, 9.17) is 0 Å². The highest BCUT2D eigenvalue weighted by Crippen LogP contribution is 2.28. The first-order valence-electron chi connectivity index (χ1n) is 4.83. The number of hydrogen-bond acceptors (Lipinski definition) is 3. The molecule has 0 aliphatic carbocycles. The molecule has 0 aromatic heterocycles. The van der Waals surface area contributed by atoms with Crippen molar-refractivity contribution in [1.82, 2.24) is 5.32 Å². The van der Waals surface area contributed by atoms with E-state index in [2.05, 4.69) is 14.8 Å². The van der Waals surface area contributed by atoms with Gasteiger partial charge in [0.2, 0.25) is 0 Å². The van der Waals surface area contributed by atoms with Crippen LogP contribution in [0.5, 0.6) is 5.75 Å². The van der Waals surface area contributed by atoms with Gasteiger partial charge in [0.25, 0.3) is 0 Å². The lowest BCUT2D eigenvalue weighted by molar-refractivity contribution is -0.274. The lowest BCUT2D eigenvalue weighted by atomic mass is 10.1. The van der Waals surface area contributed by atoms with Gasteiger partial charge in [-0.2, -0.15) is 0 Å². The lowest BCUT2D eigenvalue weighted by Gasteiger charge is -2.13. The van der Waals surface area contributed by atoms with E-state index >= 15 is 0 Å². The maximum atomic E-state index is 13.4. The van der Waals surface area contributed by atoms with Crippen LogP contribution in [0.2, 0.25) is 0 Å². The third-order valence-electron chi connectivity index (χ3n) is 2.25. The molecule has 0 bridgehead atoms. The SMILES string of the molecule is O=C1N[C@@H](c2cc(OC(F)(F)F)ccc2F)CO1. The Hall–Kier alpha value is -1.99. The zero-order valence-electron chi connectivity index (χ0n) is 8.75. The molecule has 1 amide bonds. The summed E-state index contributed by atoms with van der Waals surface area (Å²) in [5, 5.41) is 2.26. The summed E-state index contributed by atoms with van der Waals surface area (Å²) in [4.78, 5) is 10.8. The molecule has 1 atom stereocenters. The Morgan fingerprint density at radius 2 is 2.11 bits per heavy atom. The molecule has 4 nitrogen and oxygen atoms in total. The fraction of sp³-hybridized carbons (Fsp3) is 0.300. The smallest absolute Gasteiger partial charge is 0.447 e. The van der Waals surface area contributed by atoms with Crippen LogP contribution >= 0.6 is 0 Å². The van der Waals surface area contributed by atoms with E-state index in [9.17, 15) is 22.4 Å². The highest BCUT2D eigenvalue weighted by molar-refractivity contribution is 5.70. The van der Waals surface area contributed by atoms with Gasteiger partial charge in [-0.25, -0.2) is 9.18 Å². The number of benzene rings is 1. The summed E-state index contributed by atoms with van der Waals surface area (Å²) in [7, 11) is 0. The van der Waals surface area contributed by atoms with Crippen molar-refractivity contribution in [3.05, 3.63) is 29.6 Å². The minimum absolute atomic E-state index is 0.123. The van der Waals surface area contributed by atoms with Crippen molar-refractivity contribution in [2.24, 2.45) is 0 Å². The molecule has 0 unspecified atom stereocenters. The second-order valence-electron chi connectivity index (χ2n) is 3.53. The molecule has 0 radical (unpaired) electrons. The average Bonchev–Trinajstić information content (AvgIpc) is 2.66. The van der Waals surface area contributed by atoms with Crippen molar-refractivity contribution in [3.63, 3.8) is 0 Å². The van der Waals surface area contributed by atoms with Crippen molar-refractivity contribution < 1.29 is 31.8 Å². The Morgan fingerprint density at radius 3 is 2.67 bits per heavy atom. The highest BCUT2D eigenvalue weighted by atomic mass is 19.4. The number of ether oxygens (including phenoxy) is 2. The van der Waals surface area contributed by atoms with Crippen LogP contribution in [-0.2, 0) is 4.74 Å². The van der Waals surface area contributed by atoms with E-state index in [0.717, 1.165) is 18.2 Å². The Bertz CT molecular complexity index is 475. The normalized spacial score (nSPS) is 19.3. The van der Waals surface area contributed by atoms with E-state index in [1.807, 2.05) is 0 Å². The third-order valence-corrected chi connectivity index (χ3v) is 2.25. The first-order chi connectivity index (χ1) is 8.35. The molecule has 8 heteroatoms. The molecule has 0 spiro atoms. The van der Waals surface area contributed by atoms with Gasteiger partial charge in [0, 0.05) is 5.56 Å². The molecule has 1 N–H and O–H groups in total. The molecule has 1 saturated heterocycles. The minimum atomic E-state index is -4.86. The number of alkyl halides is 3. The number of amides is 1. The molecule has 1 aliphatic rings. The van der Waals surface area contributed by atoms with Crippen molar-refractivity contribution >= 4 is 6.09 Å². The second-order valence-corrected chi connectivity index (χ2v) is 3.53. The number of hydrogen-bond donors (Lipinski definition) is 1. The Kier molecular flexibility index (Phi) is 3.02. The topological polar surface area (TPSA) is 47.6 Å². The van der Waals surface area contributed by atoms with Gasteiger partial charge in [-0.05, 0) is 18.2 Å². The Labute approximate surface area is 98.5 Å². The fourth-order valence-electron chi connectivity index (χ4n) is 1.54. The average molecular weight is 265 g/mol. The molecule has 0 saturated carbocycles. The molecule has 98 valence electrons. The zero-order chi connectivity index (χ0) is 13.3. The van der Waals surface area contributed by atoms with E-state index < -0.39 is 30.1 Å². The Balaban J connectivity index is 2.24. The van der Waals surface area contributed by atoms with Crippen LogP contribution in [0, 0.1) is 5.82 Å². The quantitative estimate of drug-likeness (QED) is 0.836. The van der Waals surface area contributed by atoms with Gasteiger partial charge in [-0.3, -0.25) is 0 Å². The van der Waals surface area contributed by atoms with Gasteiger partial charge < -0.3 is 14.8 Å². The predicted octanol–water partition coefficient (Wildman–Crippen LogP) is 2.51. The third kappa shape index (κ3) is 2.82. The molecule has 1 aliphatic heterocycles. The lowest BCUT2D eigenvalue weighted by Crippen LogP contribution is -2.20. The van der Waals surface area contributed by atoms with E-state index in [-0.39, 0.29) is 12.2 Å². The predicted molar refractivity (Wildman–Crippen MR) is 50.3 cm³/mol. The molecule has 1 aromatic rings. The van der Waals surface area contributed by atoms with Crippen molar-refractivity contribution in [1.29, 1.82) is 0 Å². The van der Waals surface area contributed by atoms with Crippen molar-refractivity contribution in [2.45, 2.75) is 12.4 Å². The summed E-state index contributed by atoms with van der Waals surface area (Å²) >= 11 is 0. The number of rotatable bonds is 2. The van der Waals surface area contributed by atoms with E-state index in [0.29, 0.717) is 0 Å². The number of nitrogens with one attached hydrogen (secondary N) is 1. The molecule has 18 heavy (non-hydrogen) atoms. The molecular weight excluding hydrogens is 258 g/mol. The zero-order valence-corrected chi connectivity index (χ0v) is 8.75. The highest BCUT2D eigenvalue weighted by Gasteiger charge is 2.32. The standard InChI is InChI=1S/C10H7F4NO3/c11-7-2-1-5(18-10(12,13)14)3-6(7)8-4-17-9(16)15-8/h1-3,8H,4H2,(H,15,16)/t8-/m1/s1. The maximum Gasteiger partial charge on any atom is 0.573 e. The number of cyclic esters (lactones) is 1. The summed E-state index contributed by atoms with van der Waals surface area (Å²) < 4.78 is 57.6. The van der Waals surface area contributed by atoms with Crippen molar-refractivity contribution in [3.8, 4) is 5.75 Å². The van der Waals surface area contributed by atoms with Crippen LogP contribution < -0.4 is 10.1 Å².